The number of anilines is 1. The van der Waals surface area contributed by atoms with Gasteiger partial charge in [-0.15, -0.1) is 0 Å². The molecule has 150 valence electrons. The molecule has 1 aromatic carbocycles. The fourth-order valence-electron chi connectivity index (χ4n) is 4.10. The lowest BCUT2D eigenvalue weighted by atomic mass is 9.92. The summed E-state index contributed by atoms with van der Waals surface area (Å²) in [6, 6.07) is 8.23. The number of para-hydroxylation sites is 2. The lowest BCUT2D eigenvalue weighted by molar-refractivity contribution is -0.120. The van der Waals surface area contributed by atoms with E-state index in [1.807, 2.05) is 18.2 Å². The summed E-state index contributed by atoms with van der Waals surface area (Å²) in [6.07, 6.45) is 2.42. The van der Waals surface area contributed by atoms with E-state index in [4.69, 9.17) is 14.2 Å². The van der Waals surface area contributed by atoms with Gasteiger partial charge < -0.3 is 24.4 Å². The third-order valence-corrected chi connectivity index (χ3v) is 5.77. The quantitative estimate of drug-likeness (QED) is 0.826. The molecule has 29 heavy (non-hydrogen) atoms. The Morgan fingerprint density at radius 3 is 3.03 bits per heavy atom. The van der Waals surface area contributed by atoms with Gasteiger partial charge in [0.25, 0.3) is 11.8 Å². The average Bonchev–Trinajstić information content (AvgIpc) is 3.35. The van der Waals surface area contributed by atoms with Gasteiger partial charge in [-0.25, -0.2) is 0 Å². The van der Waals surface area contributed by atoms with Crippen LogP contribution in [0.2, 0.25) is 0 Å². The third-order valence-electron chi connectivity index (χ3n) is 5.77. The second-order valence-corrected chi connectivity index (χ2v) is 7.51. The molecule has 2 aromatic rings. The number of pyridine rings is 1. The number of carbonyl (C=O) groups is 2. The predicted molar refractivity (Wildman–Crippen MR) is 103 cm³/mol. The predicted octanol–water partition coefficient (Wildman–Crippen LogP) is 1.38. The lowest BCUT2D eigenvalue weighted by Crippen LogP contribution is -2.49. The number of hydrogen-bond acceptors (Lipinski definition) is 6. The summed E-state index contributed by atoms with van der Waals surface area (Å²) in [6.45, 7) is 1.62. The van der Waals surface area contributed by atoms with Crippen LogP contribution >= 0.6 is 0 Å². The van der Waals surface area contributed by atoms with E-state index < -0.39 is 17.6 Å². The maximum atomic E-state index is 12.9. The molecule has 8 nitrogen and oxygen atoms in total. The van der Waals surface area contributed by atoms with Crippen molar-refractivity contribution in [2.24, 2.45) is 0 Å². The normalized spacial score (nSPS) is 25.3. The number of ether oxygens (including phenoxy) is 3. The van der Waals surface area contributed by atoms with Gasteiger partial charge in [0.15, 0.2) is 0 Å². The molecule has 1 saturated heterocycles. The zero-order chi connectivity index (χ0) is 20.0. The van der Waals surface area contributed by atoms with E-state index in [1.165, 1.54) is 4.90 Å². The standard InChI is InChI=1S/C21H21N3O5/c1-24-17-4-2-3-5-18(17)28-11-16(20(24)26)23-19(25)15-8-14-13(9-22-15)10-29-21(14)6-7-27-12-21/h2-5,8-9,16H,6-7,10-12H2,1H3,(H,23,25)/t16-,21-/m0/s1. The summed E-state index contributed by atoms with van der Waals surface area (Å²) >= 11 is 0. The van der Waals surface area contributed by atoms with E-state index in [0.29, 0.717) is 31.3 Å². The summed E-state index contributed by atoms with van der Waals surface area (Å²) in [7, 11) is 1.67. The molecule has 8 heteroatoms. The minimum Gasteiger partial charge on any atom is -0.489 e. The molecule has 0 unspecified atom stereocenters. The average molecular weight is 395 g/mol. The Labute approximate surface area is 167 Å². The van der Waals surface area contributed by atoms with Crippen molar-refractivity contribution in [1.29, 1.82) is 0 Å². The van der Waals surface area contributed by atoms with Crippen LogP contribution in [0.15, 0.2) is 36.5 Å². The highest BCUT2D eigenvalue weighted by atomic mass is 16.6. The summed E-state index contributed by atoms with van der Waals surface area (Å²) in [5.74, 6) is -0.0559. The molecule has 3 aliphatic heterocycles. The third kappa shape index (κ3) is 2.95. The van der Waals surface area contributed by atoms with Crippen LogP contribution in [0.1, 0.15) is 28.0 Å². The molecular formula is C21H21N3O5. The number of carbonyl (C=O) groups excluding carboxylic acids is 2. The maximum Gasteiger partial charge on any atom is 0.270 e. The van der Waals surface area contributed by atoms with Crippen molar-refractivity contribution in [3.63, 3.8) is 0 Å². The van der Waals surface area contributed by atoms with Gasteiger partial charge in [-0.3, -0.25) is 14.6 Å². The van der Waals surface area contributed by atoms with Crippen LogP contribution in [0.25, 0.3) is 0 Å². The monoisotopic (exact) mass is 395 g/mol. The highest BCUT2D eigenvalue weighted by Gasteiger charge is 2.44. The largest absolute Gasteiger partial charge is 0.489 e. The maximum absolute atomic E-state index is 12.9. The van der Waals surface area contributed by atoms with Crippen molar-refractivity contribution in [1.82, 2.24) is 10.3 Å². The van der Waals surface area contributed by atoms with Gasteiger partial charge >= 0.3 is 0 Å². The number of amides is 2. The van der Waals surface area contributed by atoms with E-state index in [1.54, 1.807) is 25.4 Å². The first kappa shape index (κ1) is 18.1. The topological polar surface area (TPSA) is 90.0 Å². The number of likely N-dealkylation sites (N-methyl/N-ethyl adjacent to an activating group) is 1. The molecule has 0 radical (unpaired) electrons. The van der Waals surface area contributed by atoms with E-state index in [2.05, 4.69) is 10.3 Å². The zero-order valence-electron chi connectivity index (χ0n) is 16.0. The summed E-state index contributed by atoms with van der Waals surface area (Å²) in [5.41, 5.74) is 2.35. The van der Waals surface area contributed by atoms with Gasteiger partial charge in [0.1, 0.15) is 29.7 Å². The molecule has 2 atom stereocenters. The minimum atomic E-state index is -0.810. The van der Waals surface area contributed by atoms with Crippen molar-refractivity contribution < 1.29 is 23.8 Å². The van der Waals surface area contributed by atoms with Crippen molar-refractivity contribution in [2.45, 2.75) is 24.7 Å². The van der Waals surface area contributed by atoms with E-state index >= 15 is 0 Å². The lowest BCUT2D eigenvalue weighted by Gasteiger charge is -2.22. The molecule has 2 amide bonds. The van der Waals surface area contributed by atoms with Gasteiger partial charge in [-0.2, -0.15) is 0 Å². The summed E-state index contributed by atoms with van der Waals surface area (Å²) < 4.78 is 17.2. The van der Waals surface area contributed by atoms with Gasteiger partial charge in [-0.05, 0) is 23.8 Å². The number of fused-ring (bicyclic) bond motifs is 3. The Morgan fingerprint density at radius 2 is 2.21 bits per heavy atom. The fraction of sp³-hybridized carbons (Fsp3) is 0.381. The number of rotatable bonds is 2. The van der Waals surface area contributed by atoms with E-state index in [9.17, 15) is 9.59 Å². The molecule has 1 N–H and O–H groups in total. The molecule has 0 aliphatic carbocycles. The van der Waals surface area contributed by atoms with Crippen molar-refractivity contribution in [2.75, 3.05) is 31.8 Å². The second kappa shape index (κ2) is 6.82. The Morgan fingerprint density at radius 1 is 1.34 bits per heavy atom. The Hall–Kier alpha value is -2.97. The van der Waals surface area contributed by atoms with Gasteiger partial charge in [0.05, 0.1) is 18.9 Å². The van der Waals surface area contributed by atoms with Gasteiger partial charge in [0, 0.05) is 31.8 Å². The molecule has 0 saturated carbocycles. The number of nitrogens with zero attached hydrogens (tertiary/aromatic N) is 2. The fourth-order valence-corrected chi connectivity index (χ4v) is 4.10. The first-order valence-electron chi connectivity index (χ1n) is 9.59. The number of nitrogens with one attached hydrogen (secondary N) is 1. The van der Waals surface area contributed by atoms with Crippen molar-refractivity contribution in [3.05, 3.63) is 53.3 Å². The minimum absolute atomic E-state index is 0.0533. The molecule has 1 spiro atoms. The molecule has 4 heterocycles. The van der Waals surface area contributed by atoms with Crippen LogP contribution in [-0.2, 0) is 26.5 Å². The molecule has 1 aromatic heterocycles. The molecule has 3 aliphatic rings. The number of benzene rings is 1. The van der Waals surface area contributed by atoms with Crippen LogP contribution in [0.3, 0.4) is 0 Å². The molecule has 1 fully saturated rings. The second-order valence-electron chi connectivity index (χ2n) is 7.51. The molecule has 0 bridgehead atoms. The van der Waals surface area contributed by atoms with Crippen molar-refractivity contribution in [3.8, 4) is 5.75 Å². The Balaban J connectivity index is 1.37. The first-order chi connectivity index (χ1) is 14.1. The Kier molecular flexibility index (Phi) is 4.25. The van der Waals surface area contributed by atoms with Crippen LogP contribution in [0.5, 0.6) is 5.75 Å². The first-order valence-corrected chi connectivity index (χ1v) is 9.59. The van der Waals surface area contributed by atoms with E-state index in [-0.39, 0.29) is 18.2 Å². The highest BCUT2D eigenvalue weighted by molar-refractivity contribution is 6.02. The molecular weight excluding hydrogens is 374 g/mol. The summed E-state index contributed by atoms with van der Waals surface area (Å²) in [5, 5.41) is 2.77. The van der Waals surface area contributed by atoms with Gasteiger partial charge in [0.2, 0.25) is 0 Å². The Bertz CT molecular complexity index is 986. The number of hydrogen-bond donors (Lipinski definition) is 1. The summed E-state index contributed by atoms with van der Waals surface area (Å²) in [4.78, 5) is 31.5. The van der Waals surface area contributed by atoms with Crippen LogP contribution in [0.4, 0.5) is 5.69 Å². The number of aromatic nitrogens is 1. The molecule has 5 rings (SSSR count). The van der Waals surface area contributed by atoms with Crippen LogP contribution < -0.4 is 15.0 Å². The van der Waals surface area contributed by atoms with Crippen LogP contribution in [-0.4, -0.2) is 49.7 Å². The van der Waals surface area contributed by atoms with Gasteiger partial charge in [-0.1, -0.05) is 12.1 Å². The smallest absolute Gasteiger partial charge is 0.270 e. The zero-order valence-corrected chi connectivity index (χ0v) is 16.0. The van der Waals surface area contributed by atoms with E-state index in [0.717, 1.165) is 17.5 Å². The van der Waals surface area contributed by atoms with Crippen molar-refractivity contribution >= 4 is 17.5 Å². The highest BCUT2D eigenvalue weighted by Crippen LogP contribution is 2.42. The SMILES string of the molecule is CN1C(=O)[C@@H](NC(=O)c2cc3c(cn2)CO[C@]32CCOC2)COc2ccccc21. The van der Waals surface area contributed by atoms with Crippen LogP contribution in [0, 0.1) is 0 Å².